The maximum absolute atomic E-state index is 11.0. The highest BCUT2D eigenvalue weighted by atomic mass is 16.6. The molecule has 0 amide bonds. The summed E-state index contributed by atoms with van der Waals surface area (Å²) in [6.07, 6.45) is 1.64. The Morgan fingerprint density at radius 3 is 2.85 bits per heavy atom. The number of nitro benzene ring substituents is 1. The number of carboxylic acids is 1. The molecule has 0 spiro atoms. The summed E-state index contributed by atoms with van der Waals surface area (Å²) in [7, 11) is 1.70. The normalized spacial score (nSPS) is 10.2. The van der Waals surface area contributed by atoms with Gasteiger partial charge < -0.3 is 9.84 Å². The quantitative estimate of drug-likeness (QED) is 0.639. The summed E-state index contributed by atoms with van der Waals surface area (Å²) in [6, 6.07) is 3.53. The number of hydrogen-bond donors (Lipinski definition) is 1. The summed E-state index contributed by atoms with van der Waals surface area (Å²) < 4.78 is 6.83. The lowest BCUT2D eigenvalue weighted by Crippen LogP contribution is -2.04. The highest BCUT2D eigenvalue weighted by molar-refractivity contribution is 5.92. The number of aromatic carboxylic acids is 1. The van der Waals surface area contributed by atoms with Gasteiger partial charge in [0.25, 0.3) is 5.69 Å². The fourth-order valence-electron chi connectivity index (χ4n) is 1.55. The fraction of sp³-hybridized carbons (Fsp3) is 0.182. The molecule has 2 rings (SSSR count). The van der Waals surface area contributed by atoms with E-state index in [-0.39, 0.29) is 12.4 Å². The molecule has 0 saturated carbocycles. The van der Waals surface area contributed by atoms with Crippen LogP contribution in [0.5, 0.6) is 5.75 Å². The molecule has 9 nitrogen and oxygen atoms in total. The third kappa shape index (κ3) is 2.88. The number of hydrogen-bond acceptors (Lipinski definition) is 6. The summed E-state index contributed by atoms with van der Waals surface area (Å²) in [5.41, 5.74) is -0.348. The van der Waals surface area contributed by atoms with Gasteiger partial charge in [-0.05, 0) is 6.07 Å². The molecule has 2 aromatic rings. The second-order valence-electron chi connectivity index (χ2n) is 3.91. The molecule has 20 heavy (non-hydrogen) atoms. The maximum atomic E-state index is 11.0. The molecule has 0 saturated heterocycles. The van der Waals surface area contributed by atoms with Gasteiger partial charge in [0.1, 0.15) is 23.6 Å². The average Bonchev–Trinajstić information content (AvgIpc) is 2.81. The Morgan fingerprint density at radius 1 is 1.55 bits per heavy atom. The van der Waals surface area contributed by atoms with Gasteiger partial charge in [-0.15, -0.1) is 5.10 Å². The van der Waals surface area contributed by atoms with Gasteiger partial charge in [-0.2, -0.15) is 0 Å². The molecule has 9 heteroatoms. The van der Waals surface area contributed by atoms with Crippen molar-refractivity contribution in [1.29, 1.82) is 0 Å². The fourth-order valence-corrected chi connectivity index (χ4v) is 1.55. The van der Waals surface area contributed by atoms with Gasteiger partial charge in [-0.3, -0.25) is 14.8 Å². The predicted molar refractivity (Wildman–Crippen MR) is 65.4 cm³/mol. The standard InChI is InChI=1S/C11H10N4O5/c1-14-5-7(12-13-14)6-20-8-2-3-10(15(18)19)9(4-8)11(16)17/h2-5H,6H2,1H3,(H,16,17). The first kappa shape index (κ1) is 13.5. The first-order chi connectivity index (χ1) is 9.47. The van der Waals surface area contributed by atoms with Crippen molar-refractivity contribution in [3.63, 3.8) is 0 Å². The number of benzene rings is 1. The number of ether oxygens (including phenoxy) is 1. The van der Waals surface area contributed by atoms with Crippen molar-refractivity contribution in [2.75, 3.05) is 0 Å². The number of aromatic nitrogens is 3. The van der Waals surface area contributed by atoms with Gasteiger partial charge in [0.15, 0.2) is 0 Å². The maximum Gasteiger partial charge on any atom is 0.342 e. The highest BCUT2D eigenvalue weighted by Crippen LogP contribution is 2.24. The van der Waals surface area contributed by atoms with Crippen LogP contribution in [-0.2, 0) is 13.7 Å². The number of carbonyl (C=O) groups is 1. The van der Waals surface area contributed by atoms with Gasteiger partial charge >= 0.3 is 5.97 Å². The molecule has 0 aliphatic carbocycles. The molecule has 0 aliphatic rings. The smallest absolute Gasteiger partial charge is 0.342 e. The monoisotopic (exact) mass is 278 g/mol. The molecule has 1 aromatic heterocycles. The van der Waals surface area contributed by atoms with E-state index in [0.29, 0.717) is 5.69 Å². The van der Waals surface area contributed by atoms with Gasteiger partial charge in [-0.1, -0.05) is 5.21 Å². The van der Waals surface area contributed by atoms with Crippen LogP contribution in [0.3, 0.4) is 0 Å². The molecule has 104 valence electrons. The zero-order valence-corrected chi connectivity index (χ0v) is 10.4. The van der Waals surface area contributed by atoms with Crippen LogP contribution in [0, 0.1) is 10.1 Å². The zero-order valence-electron chi connectivity index (χ0n) is 10.4. The lowest BCUT2D eigenvalue weighted by molar-refractivity contribution is -0.385. The van der Waals surface area contributed by atoms with Crippen LogP contribution in [0.1, 0.15) is 16.1 Å². The van der Waals surface area contributed by atoms with E-state index in [4.69, 9.17) is 9.84 Å². The van der Waals surface area contributed by atoms with E-state index < -0.39 is 22.1 Å². The topological polar surface area (TPSA) is 120 Å². The van der Waals surface area contributed by atoms with Gasteiger partial charge in [0, 0.05) is 19.2 Å². The van der Waals surface area contributed by atoms with E-state index in [2.05, 4.69) is 10.3 Å². The van der Waals surface area contributed by atoms with Gasteiger partial charge in [-0.25, -0.2) is 4.79 Å². The van der Waals surface area contributed by atoms with Gasteiger partial charge in [0.05, 0.1) is 11.1 Å². The minimum atomic E-state index is -1.39. The van der Waals surface area contributed by atoms with E-state index in [0.717, 1.165) is 12.1 Å². The van der Waals surface area contributed by atoms with E-state index in [1.807, 2.05) is 0 Å². The Labute approximate surface area is 112 Å². The highest BCUT2D eigenvalue weighted by Gasteiger charge is 2.20. The summed E-state index contributed by atoms with van der Waals surface area (Å²) in [4.78, 5) is 20.9. The number of rotatable bonds is 5. The lowest BCUT2D eigenvalue weighted by atomic mass is 10.1. The molecule has 0 unspecified atom stereocenters. The Kier molecular flexibility index (Phi) is 3.60. The first-order valence-electron chi connectivity index (χ1n) is 5.47. The van der Waals surface area contributed by atoms with Crippen molar-refractivity contribution in [3.05, 3.63) is 45.8 Å². The van der Waals surface area contributed by atoms with Crippen LogP contribution in [0.2, 0.25) is 0 Å². The zero-order chi connectivity index (χ0) is 14.7. The lowest BCUT2D eigenvalue weighted by Gasteiger charge is -2.05. The molecule has 0 bridgehead atoms. The second-order valence-corrected chi connectivity index (χ2v) is 3.91. The average molecular weight is 278 g/mol. The van der Waals surface area contributed by atoms with Crippen LogP contribution in [-0.4, -0.2) is 31.0 Å². The molecule has 0 atom stereocenters. The van der Waals surface area contributed by atoms with Crippen molar-refractivity contribution < 1.29 is 19.6 Å². The van der Waals surface area contributed by atoms with E-state index in [1.54, 1.807) is 13.2 Å². The summed E-state index contributed by atoms with van der Waals surface area (Å²) in [5.74, 6) is -1.18. The van der Waals surface area contributed by atoms with Crippen molar-refractivity contribution in [3.8, 4) is 5.75 Å². The Hall–Kier alpha value is -2.97. The van der Waals surface area contributed by atoms with Crippen LogP contribution in [0.15, 0.2) is 24.4 Å². The van der Waals surface area contributed by atoms with E-state index in [9.17, 15) is 14.9 Å². The minimum absolute atomic E-state index is 0.0880. The molecular formula is C11H10N4O5. The SMILES string of the molecule is Cn1cc(COc2ccc([N+](=O)[O-])c(C(=O)O)c2)nn1. The minimum Gasteiger partial charge on any atom is -0.487 e. The van der Waals surface area contributed by atoms with E-state index in [1.165, 1.54) is 10.7 Å². The Balaban J connectivity index is 2.18. The molecule has 0 fully saturated rings. The van der Waals surface area contributed by atoms with Crippen LogP contribution in [0.25, 0.3) is 0 Å². The Bertz CT molecular complexity index is 667. The summed E-state index contributed by atoms with van der Waals surface area (Å²) >= 11 is 0. The van der Waals surface area contributed by atoms with Crippen molar-refractivity contribution >= 4 is 11.7 Å². The molecule has 0 aliphatic heterocycles. The largest absolute Gasteiger partial charge is 0.487 e. The number of carboxylic acid groups (broad SMARTS) is 1. The molecule has 1 N–H and O–H groups in total. The third-order valence-corrected chi connectivity index (χ3v) is 2.43. The van der Waals surface area contributed by atoms with Crippen molar-refractivity contribution in [2.45, 2.75) is 6.61 Å². The van der Waals surface area contributed by atoms with E-state index >= 15 is 0 Å². The second kappa shape index (κ2) is 5.34. The Morgan fingerprint density at radius 2 is 2.30 bits per heavy atom. The predicted octanol–water partition coefficient (Wildman–Crippen LogP) is 1.00. The first-order valence-corrected chi connectivity index (χ1v) is 5.47. The number of nitro groups is 1. The summed E-state index contributed by atoms with van der Waals surface area (Å²) in [6.45, 7) is 0.0880. The van der Waals surface area contributed by atoms with Crippen LogP contribution in [0.4, 0.5) is 5.69 Å². The van der Waals surface area contributed by atoms with Crippen LogP contribution < -0.4 is 4.74 Å². The van der Waals surface area contributed by atoms with Crippen molar-refractivity contribution in [2.24, 2.45) is 7.05 Å². The number of nitrogens with zero attached hydrogens (tertiary/aromatic N) is 4. The molecule has 1 heterocycles. The number of aryl methyl sites for hydroxylation is 1. The third-order valence-electron chi connectivity index (χ3n) is 2.43. The van der Waals surface area contributed by atoms with Crippen LogP contribution >= 0.6 is 0 Å². The molecule has 1 aromatic carbocycles. The molecular weight excluding hydrogens is 268 g/mol. The van der Waals surface area contributed by atoms with Gasteiger partial charge in [0.2, 0.25) is 0 Å². The summed E-state index contributed by atoms with van der Waals surface area (Å²) in [5, 5.41) is 27.2. The molecule has 0 radical (unpaired) electrons. The van der Waals surface area contributed by atoms with Crippen molar-refractivity contribution in [1.82, 2.24) is 15.0 Å².